The number of para-hydroxylation sites is 1. The maximum atomic E-state index is 12.7. The zero-order valence-electron chi connectivity index (χ0n) is 14.2. The highest BCUT2D eigenvalue weighted by molar-refractivity contribution is 6.04. The molecule has 6 heteroatoms. The average Bonchev–Trinajstić information content (AvgIpc) is 2.98. The molecule has 0 radical (unpaired) electrons. The minimum absolute atomic E-state index is 0.0885. The first-order valence-electron chi connectivity index (χ1n) is 8.72. The van der Waals surface area contributed by atoms with Crippen LogP contribution in [0.25, 0.3) is 10.9 Å². The summed E-state index contributed by atoms with van der Waals surface area (Å²) in [6.45, 7) is 5.99. The highest BCUT2D eigenvalue weighted by atomic mass is 16.5. The maximum absolute atomic E-state index is 12.7. The van der Waals surface area contributed by atoms with E-state index in [0.29, 0.717) is 23.8 Å². The summed E-state index contributed by atoms with van der Waals surface area (Å²) in [6.07, 6.45) is 1.87. The predicted molar refractivity (Wildman–Crippen MR) is 92.0 cm³/mol. The lowest BCUT2D eigenvalue weighted by molar-refractivity contribution is -0.0936. The van der Waals surface area contributed by atoms with E-state index in [1.165, 1.54) is 0 Å². The minimum Gasteiger partial charge on any atom is -0.378 e. The molecule has 2 bridgehead atoms. The van der Waals surface area contributed by atoms with Crippen LogP contribution >= 0.6 is 0 Å². The van der Waals surface area contributed by atoms with Crippen molar-refractivity contribution >= 4 is 16.8 Å². The number of H-pyrrole nitrogens is 1. The number of nitrogens with zero attached hydrogens (tertiary/aromatic N) is 2. The van der Waals surface area contributed by atoms with Gasteiger partial charge in [-0.1, -0.05) is 18.2 Å². The Kier molecular flexibility index (Phi) is 4.02. The van der Waals surface area contributed by atoms with Crippen molar-refractivity contribution in [3.8, 4) is 0 Å². The second-order valence-electron chi connectivity index (χ2n) is 7.15. The summed E-state index contributed by atoms with van der Waals surface area (Å²) in [6, 6.07) is 9.19. The van der Waals surface area contributed by atoms with Gasteiger partial charge in [0.1, 0.15) is 0 Å². The first-order chi connectivity index (χ1) is 11.6. The molecular weight excluding hydrogens is 304 g/mol. The Morgan fingerprint density at radius 2 is 2.00 bits per heavy atom. The molecule has 2 N–H and O–H groups in total. The van der Waals surface area contributed by atoms with Gasteiger partial charge in [-0.05, 0) is 32.8 Å². The molecule has 2 aliphatic rings. The second-order valence-corrected chi connectivity index (χ2v) is 7.15. The molecule has 2 saturated heterocycles. The van der Waals surface area contributed by atoms with Crippen LogP contribution in [-0.2, 0) is 4.74 Å². The lowest BCUT2D eigenvalue weighted by Gasteiger charge is -2.50. The Morgan fingerprint density at radius 1 is 1.29 bits per heavy atom. The summed E-state index contributed by atoms with van der Waals surface area (Å²) < 4.78 is 5.73. The molecule has 0 spiro atoms. The molecule has 4 rings (SSSR count). The van der Waals surface area contributed by atoms with Gasteiger partial charge in [0.05, 0.1) is 18.7 Å². The zero-order valence-corrected chi connectivity index (χ0v) is 14.2. The number of nitrogens with one attached hydrogen (secondary N) is 2. The van der Waals surface area contributed by atoms with Crippen LogP contribution in [0.5, 0.6) is 0 Å². The number of aromatic nitrogens is 2. The van der Waals surface area contributed by atoms with E-state index < -0.39 is 0 Å². The van der Waals surface area contributed by atoms with Gasteiger partial charge in [-0.15, -0.1) is 0 Å². The van der Waals surface area contributed by atoms with Gasteiger partial charge in [0.2, 0.25) is 0 Å². The summed E-state index contributed by atoms with van der Waals surface area (Å²) in [7, 11) is 0. The molecule has 1 amide bonds. The van der Waals surface area contributed by atoms with Crippen molar-refractivity contribution in [2.45, 2.75) is 50.9 Å². The van der Waals surface area contributed by atoms with Crippen molar-refractivity contribution in [1.29, 1.82) is 0 Å². The first kappa shape index (κ1) is 15.6. The Labute approximate surface area is 141 Å². The molecular formula is C18H24N4O2. The van der Waals surface area contributed by atoms with Gasteiger partial charge < -0.3 is 10.1 Å². The maximum Gasteiger partial charge on any atom is 0.272 e. The minimum atomic E-state index is -0.0885. The van der Waals surface area contributed by atoms with Crippen molar-refractivity contribution in [3.05, 3.63) is 30.0 Å². The van der Waals surface area contributed by atoms with Gasteiger partial charge in [-0.3, -0.25) is 14.8 Å². The molecule has 3 atom stereocenters. The molecule has 24 heavy (non-hydrogen) atoms. The van der Waals surface area contributed by atoms with Crippen LogP contribution < -0.4 is 5.32 Å². The monoisotopic (exact) mass is 328 g/mol. The van der Waals surface area contributed by atoms with Crippen LogP contribution in [-0.4, -0.2) is 58.4 Å². The summed E-state index contributed by atoms with van der Waals surface area (Å²) in [4.78, 5) is 15.2. The average molecular weight is 328 g/mol. The molecule has 2 fully saturated rings. The topological polar surface area (TPSA) is 70.2 Å². The van der Waals surface area contributed by atoms with Gasteiger partial charge >= 0.3 is 0 Å². The smallest absolute Gasteiger partial charge is 0.272 e. The van der Waals surface area contributed by atoms with Gasteiger partial charge in [0.15, 0.2) is 5.69 Å². The zero-order chi connectivity index (χ0) is 16.7. The molecule has 0 unspecified atom stereocenters. The standard InChI is InChI=1S/C18H24N4O2/c1-11(2)22-13-7-12(8-14(22)10-24-9-13)19-18(23)17-15-5-3-4-6-16(15)20-21-17/h3-6,11-14H,7-10H2,1-2H3,(H,19,23)(H,20,21)/t12-,13-,14+. The number of ether oxygens (including phenoxy) is 1. The summed E-state index contributed by atoms with van der Waals surface area (Å²) >= 11 is 0. The van der Waals surface area contributed by atoms with Crippen LogP contribution in [0.1, 0.15) is 37.2 Å². The Morgan fingerprint density at radius 3 is 2.71 bits per heavy atom. The van der Waals surface area contributed by atoms with Crippen LogP contribution in [0, 0.1) is 0 Å². The normalized spacial score (nSPS) is 27.5. The largest absolute Gasteiger partial charge is 0.378 e. The third-order valence-electron chi connectivity index (χ3n) is 5.19. The summed E-state index contributed by atoms with van der Waals surface area (Å²) in [5.74, 6) is -0.0885. The molecule has 2 aliphatic heterocycles. The molecule has 0 saturated carbocycles. The molecule has 6 nitrogen and oxygen atoms in total. The number of benzene rings is 1. The van der Waals surface area contributed by atoms with E-state index in [-0.39, 0.29) is 11.9 Å². The third-order valence-corrected chi connectivity index (χ3v) is 5.19. The fourth-order valence-electron chi connectivity index (χ4n) is 4.29. The highest BCUT2D eigenvalue weighted by Gasteiger charge is 2.40. The van der Waals surface area contributed by atoms with Gasteiger partial charge in [-0.2, -0.15) is 5.10 Å². The fraction of sp³-hybridized carbons (Fsp3) is 0.556. The Bertz CT molecular complexity index is 727. The van der Waals surface area contributed by atoms with E-state index >= 15 is 0 Å². The fourth-order valence-corrected chi connectivity index (χ4v) is 4.29. The van der Waals surface area contributed by atoms with Crippen molar-refractivity contribution < 1.29 is 9.53 Å². The SMILES string of the molecule is CC(C)N1[C@@H]2COC[C@H]1C[C@@H](NC(=O)c1n[nH]c3ccccc13)C2. The Hall–Kier alpha value is -1.92. The van der Waals surface area contributed by atoms with Crippen molar-refractivity contribution in [2.24, 2.45) is 0 Å². The van der Waals surface area contributed by atoms with Crippen molar-refractivity contribution in [3.63, 3.8) is 0 Å². The van der Waals surface area contributed by atoms with E-state index in [1.807, 2.05) is 24.3 Å². The number of rotatable bonds is 3. The number of hydrogen-bond acceptors (Lipinski definition) is 4. The molecule has 128 valence electrons. The van der Waals surface area contributed by atoms with E-state index in [9.17, 15) is 4.79 Å². The van der Waals surface area contributed by atoms with Gasteiger partial charge in [0.25, 0.3) is 5.91 Å². The quantitative estimate of drug-likeness (QED) is 0.903. The number of carbonyl (C=O) groups is 1. The first-order valence-corrected chi connectivity index (χ1v) is 8.72. The van der Waals surface area contributed by atoms with E-state index in [2.05, 4.69) is 34.3 Å². The van der Waals surface area contributed by atoms with Crippen LogP contribution in [0.2, 0.25) is 0 Å². The van der Waals surface area contributed by atoms with Crippen LogP contribution in [0.15, 0.2) is 24.3 Å². The summed E-state index contributed by atoms with van der Waals surface area (Å²) in [5.41, 5.74) is 1.38. The number of amides is 1. The third kappa shape index (κ3) is 2.70. The second kappa shape index (κ2) is 6.18. The van der Waals surface area contributed by atoms with E-state index in [0.717, 1.165) is 37.0 Å². The lowest BCUT2D eigenvalue weighted by atomic mass is 9.88. The van der Waals surface area contributed by atoms with Crippen molar-refractivity contribution in [2.75, 3.05) is 13.2 Å². The van der Waals surface area contributed by atoms with E-state index in [1.54, 1.807) is 0 Å². The number of carbonyl (C=O) groups excluding carboxylic acids is 1. The summed E-state index contributed by atoms with van der Waals surface area (Å²) in [5, 5.41) is 11.2. The lowest BCUT2D eigenvalue weighted by Crippen LogP contribution is -2.62. The molecule has 2 aromatic rings. The number of hydrogen-bond donors (Lipinski definition) is 2. The number of fused-ring (bicyclic) bond motifs is 3. The molecule has 0 aliphatic carbocycles. The van der Waals surface area contributed by atoms with Gasteiger partial charge in [-0.25, -0.2) is 0 Å². The van der Waals surface area contributed by atoms with Crippen LogP contribution in [0.3, 0.4) is 0 Å². The predicted octanol–water partition coefficient (Wildman–Crippen LogP) is 1.93. The molecule has 1 aromatic carbocycles. The van der Waals surface area contributed by atoms with Gasteiger partial charge in [0, 0.05) is 29.6 Å². The molecule has 1 aromatic heterocycles. The number of piperidine rings is 1. The Balaban J connectivity index is 1.49. The number of aromatic amines is 1. The molecule has 3 heterocycles. The highest BCUT2D eigenvalue weighted by Crippen LogP contribution is 2.30. The van der Waals surface area contributed by atoms with Crippen LogP contribution in [0.4, 0.5) is 0 Å². The van der Waals surface area contributed by atoms with Crippen molar-refractivity contribution in [1.82, 2.24) is 20.4 Å². The van der Waals surface area contributed by atoms with E-state index in [4.69, 9.17) is 4.74 Å². The number of morpholine rings is 1.